The van der Waals surface area contributed by atoms with Crippen molar-refractivity contribution >= 4 is 11.6 Å². The van der Waals surface area contributed by atoms with Crippen LogP contribution in [0.25, 0.3) is 0 Å². The van der Waals surface area contributed by atoms with E-state index in [0.717, 1.165) is 63.0 Å². The van der Waals surface area contributed by atoms with Gasteiger partial charge in [0.05, 0.1) is 13.7 Å². The Kier molecular flexibility index (Phi) is 9.51. The number of ether oxygens (including phenoxy) is 1. The fourth-order valence-corrected chi connectivity index (χ4v) is 3.82. The number of unbranched alkanes of at least 4 members (excludes halogenated alkanes) is 1. The Bertz CT molecular complexity index is 788. The monoisotopic (exact) mass is 423 g/mol. The van der Waals surface area contributed by atoms with Gasteiger partial charge in [-0.3, -0.25) is 4.90 Å². The van der Waals surface area contributed by atoms with Crippen LogP contribution in [-0.2, 0) is 6.54 Å². The lowest BCUT2D eigenvalue weighted by Gasteiger charge is -2.36. The molecule has 0 aliphatic carbocycles. The second-order valence-corrected chi connectivity index (χ2v) is 7.84. The zero-order valence-electron chi connectivity index (χ0n) is 19.0. The molecule has 0 atom stereocenters. The van der Waals surface area contributed by atoms with E-state index in [0.29, 0.717) is 6.54 Å². The SMILES string of the molecule is CCNC(=NCc1cccc(OC)c1)NCCCCN1CCN(c2ccccc2)CC1. The number of guanidine groups is 1. The summed E-state index contributed by atoms with van der Waals surface area (Å²) in [5.41, 5.74) is 2.49. The van der Waals surface area contributed by atoms with Crippen molar-refractivity contribution in [2.75, 3.05) is 57.8 Å². The van der Waals surface area contributed by atoms with Crippen molar-refractivity contribution in [1.29, 1.82) is 0 Å². The van der Waals surface area contributed by atoms with Crippen molar-refractivity contribution in [2.24, 2.45) is 4.99 Å². The maximum Gasteiger partial charge on any atom is 0.191 e. The minimum absolute atomic E-state index is 0.637. The number of nitrogens with zero attached hydrogens (tertiary/aromatic N) is 3. The molecule has 6 nitrogen and oxygen atoms in total. The summed E-state index contributed by atoms with van der Waals surface area (Å²) < 4.78 is 5.29. The van der Waals surface area contributed by atoms with Gasteiger partial charge in [0.15, 0.2) is 5.96 Å². The van der Waals surface area contributed by atoms with Gasteiger partial charge in [0.1, 0.15) is 5.75 Å². The molecule has 0 aromatic heterocycles. The molecule has 168 valence electrons. The van der Waals surface area contributed by atoms with E-state index in [1.54, 1.807) is 7.11 Å². The average molecular weight is 424 g/mol. The van der Waals surface area contributed by atoms with Gasteiger partial charge in [-0.15, -0.1) is 0 Å². The topological polar surface area (TPSA) is 52.1 Å². The Morgan fingerprint density at radius 2 is 1.77 bits per heavy atom. The highest BCUT2D eigenvalue weighted by Gasteiger charge is 2.16. The number of aliphatic imine (C=N–C) groups is 1. The summed E-state index contributed by atoms with van der Waals surface area (Å²) >= 11 is 0. The first-order valence-electron chi connectivity index (χ1n) is 11.5. The summed E-state index contributed by atoms with van der Waals surface area (Å²) in [6.07, 6.45) is 2.34. The lowest BCUT2D eigenvalue weighted by molar-refractivity contribution is 0.253. The number of rotatable bonds is 10. The van der Waals surface area contributed by atoms with Crippen molar-refractivity contribution in [1.82, 2.24) is 15.5 Å². The van der Waals surface area contributed by atoms with Gasteiger partial charge in [0.2, 0.25) is 0 Å². The summed E-state index contributed by atoms with van der Waals surface area (Å²) in [6.45, 7) is 10.2. The highest BCUT2D eigenvalue weighted by Crippen LogP contribution is 2.16. The second-order valence-electron chi connectivity index (χ2n) is 7.84. The van der Waals surface area contributed by atoms with Gasteiger partial charge in [-0.25, -0.2) is 4.99 Å². The van der Waals surface area contributed by atoms with Crippen molar-refractivity contribution in [3.63, 3.8) is 0 Å². The van der Waals surface area contributed by atoms with Crippen LogP contribution in [0.5, 0.6) is 5.75 Å². The van der Waals surface area contributed by atoms with E-state index in [2.05, 4.69) is 63.8 Å². The number of piperazine rings is 1. The third-order valence-electron chi connectivity index (χ3n) is 5.59. The van der Waals surface area contributed by atoms with Crippen LogP contribution in [0.3, 0.4) is 0 Å². The summed E-state index contributed by atoms with van der Waals surface area (Å²) in [4.78, 5) is 9.78. The first-order valence-corrected chi connectivity index (χ1v) is 11.5. The second kappa shape index (κ2) is 12.8. The van der Waals surface area contributed by atoms with Crippen LogP contribution in [0.2, 0.25) is 0 Å². The number of para-hydroxylation sites is 1. The zero-order chi connectivity index (χ0) is 21.7. The third kappa shape index (κ3) is 7.79. The van der Waals surface area contributed by atoms with Crippen molar-refractivity contribution < 1.29 is 4.74 Å². The number of hydrogen-bond acceptors (Lipinski definition) is 4. The van der Waals surface area contributed by atoms with Gasteiger partial charge in [-0.2, -0.15) is 0 Å². The summed E-state index contributed by atoms with van der Waals surface area (Å²) in [5, 5.41) is 6.80. The molecule has 1 aliphatic rings. The Balaban J connectivity index is 1.33. The molecular formula is C25H37N5O. The van der Waals surface area contributed by atoms with E-state index >= 15 is 0 Å². The van der Waals surface area contributed by atoms with Crippen LogP contribution >= 0.6 is 0 Å². The third-order valence-corrected chi connectivity index (χ3v) is 5.59. The first kappa shape index (κ1) is 22.9. The van der Waals surface area contributed by atoms with E-state index in [1.807, 2.05) is 18.2 Å². The average Bonchev–Trinajstić information content (AvgIpc) is 2.83. The van der Waals surface area contributed by atoms with Gasteiger partial charge >= 0.3 is 0 Å². The van der Waals surface area contributed by atoms with E-state index in [4.69, 9.17) is 9.73 Å². The summed E-state index contributed by atoms with van der Waals surface area (Å²) in [7, 11) is 1.69. The Labute approximate surface area is 187 Å². The standard InChI is InChI=1S/C25H37N5O/c1-3-26-25(28-21-22-10-9-13-24(20-22)31-2)27-14-7-8-15-29-16-18-30(19-17-29)23-11-5-4-6-12-23/h4-6,9-13,20H,3,7-8,14-19,21H2,1-2H3,(H2,26,27,28). The first-order chi connectivity index (χ1) is 15.3. The lowest BCUT2D eigenvalue weighted by Crippen LogP contribution is -2.46. The van der Waals surface area contributed by atoms with Gasteiger partial charge < -0.3 is 20.3 Å². The lowest BCUT2D eigenvalue weighted by atomic mass is 10.2. The van der Waals surface area contributed by atoms with E-state index < -0.39 is 0 Å². The largest absolute Gasteiger partial charge is 0.497 e. The predicted molar refractivity (Wildman–Crippen MR) is 130 cm³/mol. The van der Waals surface area contributed by atoms with Crippen LogP contribution in [0, 0.1) is 0 Å². The molecule has 1 aliphatic heterocycles. The van der Waals surface area contributed by atoms with Crippen LogP contribution in [0.4, 0.5) is 5.69 Å². The Morgan fingerprint density at radius 1 is 0.968 bits per heavy atom. The van der Waals surface area contributed by atoms with Crippen molar-refractivity contribution in [2.45, 2.75) is 26.3 Å². The molecule has 1 heterocycles. The van der Waals surface area contributed by atoms with Crippen LogP contribution in [0.15, 0.2) is 59.6 Å². The van der Waals surface area contributed by atoms with Crippen LogP contribution in [0.1, 0.15) is 25.3 Å². The molecule has 2 N–H and O–H groups in total. The zero-order valence-corrected chi connectivity index (χ0v) is 19.0. The van der Waals surface area contributed by atoms with E-state index in [9.17, 15) is 0 Å². The number of benzene rings is 2. The van der Waals surface area contributed by atoms with Crippen molar-refractivity contribution in [3.05, 3.63) is 60.2 Å². The molecule has 6 heteroatoms. The molecule has 2 aromatic rings. The van der Waals surface area contributed by atoms with Crippen molar-refractivity contribution in [3.8, 4) is 5.75 Å². The Morgan fingerprint density at radius 3 is 2.52 bits per heavy atom. The molecule has 31 heavy (non-hydrogen) atoms. The molecule has 0 spiro atoms. The minimum atomic E-state index is 0.637. The fraction of sp³-hybridized carbons (Fsp3) is 0.480. The van der Waals surface area contributed by atoms with Crippen LogP contribution < -0.4 is 20.3 Å². The smallest absolute Gasteiger partial charge is 0.191 e. The van der Waals surface area contributed by atoms with Gasteiger partial charge in [-0.05, 0) is 56.1 Å². The fourth-order valence-electron chi connectivity index (χ4n) is 3.82. The quantitative estimate of drug-likeness (QED) is 0.349. The highest BCUT2D eigenvalue weighted by atomic mass is 16.5. The maximum atomic E-state index is 5.29. The molecule has 1 fully saturated rings. The molecule has 1 saturated heterocycles. The molecule has 0 bridgehead atoms. The highest BCUT2D eigenvalue weighted by molar-refractivity contribution is 5.79. The van der Waals surface area contributed by atoms with E-state index in [-0.39, 0.29) is 0 Å². The number of anilines is 1. The number of methoxy groups -OCH3 is 1. The summed E-state index contributed by atoms with van der Waals surface area (Å²) in [6, 6.07) is 18.8. The predicted octanol–water partition coefficient (Wildman–Crippen LogP) is 3.35. The molecule has 0 unspecified atom stereocenters. The normalized spacial score (nSPS) is 15.0. The summed E-state index contributed by atoms with van der Waals surface area (Å²) in [5.74, 6) is 1.75. The van der Waals surface area contributed by atoms with Gasteiger partial charge in [0.25, 0.3) is 0 Å². The molecule has 2 aromatic carbocycles. The molecule has 0 saturated carbocycles. The molecular weight excluding hydrogens is 386 g/mol. The van der Waals surface area contributed by atoms with Gasteiger partial charge in [0, 0.05) is 45.0 Å². The maximum absolute atomic E-state index is 5.29. The van der Waals surface area contributed by atoms with Gasteiger partial charge in [-0.1, -0.05) is 30.3 Å². The number of nitrogens with one attached hydrogen (secondary N) is 2. The van der Waals surface area contributed by atoms with Crippen LogP contribution in [-0.4, -0.2) is 63.8 Å². The molecule has 0 amide bonds. The van der Waals surface area contributed by atoms with E-state index in [1.165, 1.54) is 18.7 Å². The molecule has 0 radical (unpaired) electrons. The number of hydrogen-bond donors (Lipinski definition) is 2. The Hall–Kier alpha value is -2.73. The molecule has 3 rings (SSSR count). The minimum Gasteiger partial charge on any atom is -0.497 e.